The van der Waals surface area contributed by atoms with E-state index in [2.05, 4.69) is 5.32 Å². The molecule has 12 heteroatoms. The summed E-state index contributed by atoms with van der Waals surface area (Å²) in [6.07, 6.45) is 1.59. The van der Waals surface area contributed by atoms with Crippen molar-refractivity contribution >= 4 is 33.2 Å². The van der Waals surface area contributed by atoms with Gasteiger partial charge in [-0.3, -0.25) is 24.0 Å². The minimum absolute atomic E-state index is 0.0467. The number of carbonyl (C=O) groups is 2. The third-order valence-electron chi connectivity index (χ3n) is 6.92. The molecule has 3 aromatic carbocycles. The van der Waals surface area contributed by atoms with Crippen LogP contribution in [0, 0.1) is 22.9 Å². The van der Waals surface area contributed by atoms with Crippen molar-refractivity contribution < 1.29 is 27.3 Å². The Morgan fingerprint density at radius 1 is 1.05 bits per heavy atom. The summed E-state index contributed by atoms with van der Waals surface area (Å²) in [4.78, 5) is 39.7. The van der Waals surface area contributed by atoms with E-state index in [4.69, 9.17) is 0 Å². The molecule has 3 aromatic rings. The van der Waals surface area contributed by atoms with Crippen LogP contribution in [0.15, 0.2) is 72.8 Å². The Morgan fingerprint density at radius 2 is 1.69 bits per heavy atom. The number of sulfonamides is 1. The van der Waals surface area contributed by atoms with E-state index in [1.807, 2.05) is 19.9 Å². The van der Waals surface area contributed by atoms with Crippen LogP contribution in [0.25, 0.3) is 0 Å². The summed E-state index contributed by atoms with van der Waals surface area (Å²) in [6, 6.07) is 17.2. The summed E-state index contributed by atoms with van der Waals surface area (Å²) in [6.45, 7) is 4.19. The quantitative estimate of drug-likeness (QED) is 0.230. The molecule has 0 aliphatic heterocycles. The second-order valence-electron chi connectivity index (χ2n) is 10.1. The minimum atomic E-state index is -4.13. The van der Waals surface area contributed by atoms with Gasteiger partial charge in [-0.05, 0) is 37.5 Å². The lowest BCUT2D eigenvalue weighted by molar-refractivity contribution is -0.384. The van der Waals surface area contributed by atoms with E-state index < -0.39 is 45.2 Å². The van der Waals surface area contributed by atoms with Crippen molar-refractivity contribution in [1.29, 1.82) is 0 Å². The summed E-state index contributed by atoms with van der Waals surface area (Å²) < 4.78 is 41.5. The first-order valence-corrected chi connectivity index (χ1v) is 15.3. The Bertz CT molecular complexity index is 1530. The summed E-state index contributed by atoms with van der Waals surface area (Å²) >= 11 is 0. The van der Waals surface area contributed by atoms with Crippen LogP contribution in [0.3, 0.4) is 0 Å². The smallest absolute Gasteiger partial charge is 0.271 e. The topological polar surface area (TPSA) is 130 Å². The maximum absolute atomic E-state index is 14.9. The van der Waals surface area contributed by atoms with E-state index in [-0.39, 0.29) is 35.9 Å². The van der Waals surface area contributed by atoms with Gasteiger partial charge in [0.05, 0.1) is 16.9 Å². The molecule has 0 spiro atoms. The highest BCUT2D eigenvalue weighted by Crippen LogP contribution is 2.28. The molecule has 3 rings (SSSR count). The maximum atomic E-state index is 14.9. The molecule has 0 aliphatic carbocycles. The number of carbonyl (C=O) groups excluding carboxylic acids is 2. The van der Waals surface area contributed by atoms with E-state index in [0.29, 0.717) is 12.0 Å². The zero-order valence-corrected chi connectivity index (χ0v) is 24.8. The fraction of sp³-hybridized carbons (Fsp3) is 0.333. The van der Waals surface area contributed by atoms with E-state index in [9.17, 15) is 32.5 Å². The van der Waals surface area contributed by atoms with Gasteiger partial charge in [-0.25, -0.2) is 12.8 Å². The van der Waals surface area contributed by atoms with E-state index >= 15 is 0 Å². The molecule has 224 valence electrons. The number of nitro benzene ring substituents is 1. The van der Waals surface area contributed by atoms with Crippen molar-refractivity contribution in [2.24, 2.45) is 0 Å². The van der Waals surface area contributed by atoms with Crippen molar-refractivity contribution in [2.45, 2.75) is 52.2 Å². The fourth-order valence-electron chi connectivity index (χ4n) is 4.38. The number of hydrogen-bond donors (Lipinski definition) is 1. The third-order valence-corrected chi connectivity index (χ3v) is 8.05. The SMILES string of the molecule is CCC(C)NC(=O)C(Cc1ccccc1)N(Cc1ccccc1F)C(=O)CN(c1cc([N+](=O)[O-])ccc1C)S(C)(=O)=O. The van der Waals surface area contributed by atoms with Gasteiger partial charge in [-0.15, -0.1) is 0 Å². The molecule has 2 amide bonds. The number of anilines is 1. The maximum Gasteiger partial charge on any atom is 0.271 e. The molecule has 0 saturated heterocycles. The Hall–Kier alpha value is -4.32. The van der Waals surface area contributed by atoms with Crippen molar-refractivity contribution in [1.82, 2.24) is 10.2 Å². The van der Waals surface area contributed by atoms with Gasteiger partial charge in [0.15, 0.2) is 0 Å². The molecule has 42 heavy (non-hydrogen) atoms. The predicted molar refractivity (Wildman–Crippen MR) is 159 cm³/mol. The van der Waals surface area contributed by atoms with Crippen LogP contribution in [-0.2, 0) is 32.6 Å². The van der Waals surface area contributed by atoms with E-state index in [0.717, 1.165) is 22.2 Å². The number of nitro groups is 1. The molecule has 2 unspecified atom stereocenters. The average Bonchev–Trinajstić information content (AvgIpc) is 2.94. The average molecular weight is 599 g/mol. The minimum Gasteiger partial charge on any atom is -0.352 e. The van der Waals surface area contributed by atoms with Gasteiger partial charge in [0.2, 0.25) is 21.8 Å². The molecule has 0 aromatic heterocycles. The standard InChI is InChI=1S/C30H35FN4O6S/c1-5-22(3)32-30(37)28(17-23-11-7-6-8-12-23)33(19-24-13-9-10-14-26(24)31)29(36)20-34(42(4,40)41)27-18-25(35(38)39)16-15-21(27)2/h6-16,18,22,28H,5,17,19-20H2,1-4H3,(H,32,37). The molecule has 0 radical (unpaired) electrons. The molecule has 2 atom stereocenters. The molecule has 0 fully saturated rings. The second kappa shape index (κ2) is 14.0. The largest absolute Gasteiger partial charge is 0.352 e. The molecular weight excluding hydrogens is 563 g/mol. The number of nitrogens with one attached hydrogen (secondary N) is 1. The van der Waals surface area contributed by atoms with E-state index in [1.54, 1.807) is 37.3 Å². The summed E-state index contributed by atoms with van der Waals surface area (Å²) in [5.74, 6) is -1.85. The zero-order chi connectivity index (χ0) is 31.0. The van der Waals surface area contributed by atoms with Gasteiger partial charge < -0.3 is 10.2 Å². The van der Waals surface area contributed by atoms with Crippen molar-refractivity contribution in [3.63, 3.8) is 0 Å². The van der Waals surface area contributed by atoms with Crippen LogP contribution >= 0.6 is 0 Å². The Morgan fingerprint density at radius 3 is 2.29 bits per heavy atom. The lowest BCUT2D eigenvalue weighted by atomic mass is 10.0. The highest BCUT2D eigenvalue weighted by atomic mass is 32.2. The number of halogens is 1. The molecule has 0 aliphatic rings. The van der Waals surface area contributed by atoms with Crippen molar-refractivity contribution in [3.05, 3.63) is 105 Å². The number of hydrogen-bond acceptors (Lipinski definition) is 6. The number of aryl methyl sites for hydroxylation is 1. The first-order chi connectivity index (χ1) is 19.8. The lowest BCUT2D eigenvalue weighted by Crippen LogP contribution is -2.54. The van der Waals surface area contributed by atoms with Crippen LogP contribution < -0.4 is 9.62 Å². The summed E-state index contributed by atoms with van der Waals surface area (Å²) in [7, 11) is -4.13. The van der Waals surface area contributed by atoms with Gasteiger partial charge in [-0.1, -0.05) is 61.5 Å². The summed E-state index contributed by atoms with van der Waals surface area (Å²) in [5.41, 5.74) is 0.861. The van der Waals surface area contributed by atoms with Gasteiger partial charge in [0.1, 0.15) is 18.4 Å². The lowest BCUT2D eigenvalue weighted by Gasteiger charge is -2.34. The molecule has 0 heterocycles. The first kappa shape index (κ1) is 32.2. The van der Waals surface area contributed by atoms with Gasteiger partial charge in [0, 0.05) is 36.7 Å². The Kier molecular flexibility index (Phi) is 10.8. The van der Waals surface area contributed by atoms with Crippen LogP contribution in [0.5, 0.6) is 0 Å². The Labute approximate surface area is 245 Å². The van der Waals surface area contributed by atoms with E-state index in [1.165, 1.54) is 35.2 Å². The molecule has 0 saturated carbocycles. The van der Waals surface area contributed by atoms with Crippen molar-refractivity contribution in [3.8, 4) is 0 Å². The van der Waals surface area contributed by atoms with Crippen LogP contribution in [0.2, 0.25) is 0 Å². The number of rotatable bonds is 13. The highest BCUT2D eigenvalue weighted by Gasteiger charge is 2.34. The molecule has 0 bridgehead atoms. The van der Waals surface area contributed by atoms with Crippen LogP contribution in [0.1, 0.15) is 37.0 Å². The van der Waals surface area contributed by atoms with Gasteiger partial charge in [-0.2, -0.15) is 0 Å². The summed E-state index contributed by atoms with van der Waals surface area (Å²) in [5, 5.41) is 14.3. The fourth-order valence-corrected chi connectivity index (χ4v) is 5.28. The van der Waals surface area contributed by atoms with Crippen LogP contribution in [-0.4, -0.2) is 54.9 Å². The van der Waals surface area contributed by atoms with Gasteiger partial charge >= 0.3 is 0 Å². The molecular formula is C30H35FN4O6S. The van der Waals surface area contributed by atoms with Gasteiger partial charge in [0.25, 0.3) is 5.69 Å². The number of benzene rings is 3. The molecule has 1 N–H and O–H groups in total. The highest BCUT2D eigenvalue weighted by molar-refractivity contribution is 7.92. The monoisotopic (exact) mass is 598 g/mol. The first-order valence-electron chi connectivity index (χ1n) is 13.4. The Balaban J connectivity index is 2.12. The predicted octanol–water partition coefficient (Wildman–Crippen LogP) is 4.36. The normalized spacial score (nSPS) is 12.7. The molecule has 10 nitrogen and oxygen atoms in total. The number of non-ortho nitro benzene ring substituents is 1. The number of nitrogens with zero attached hydrogens (tertiary/aromatic N) is 3. The number of amides is 2. The zero-order valence-electron chi connectivity index (χ0n) is 24.0. The third kappa shape index (κ3) is 8.35. The van der Waals surface area contributed by atoms with Crippen molar-refractivity contribution in [2.75, 3.05) is 17.1 Å². The second-order valence-corrected chi connectivity index (χ2v) is 12.0. The van der Waals surface area contributed by atoms with Crippen LogP contribution in [0.4, 0.5) is 15.8 Å².